The number of carbonyl (C=O) groups excluding carboxylic acids is 5. The van der Waals surface area contributed by atoms with E-state index in [4.69, 9.17) is 10.5 Å². The largest absolute Gasteiger partial charge is 0.508 e. The summed E-state index contributed by atoms with van der Waals surface area (Å²) in [4.78, 5) is 64.8. The molecule has 4 amide bonds. The number of carbonyl (C=O) groups is 5. The molecule has 12 nitrogen and oxygen atoms in total. The third-order valence-corrected chi connectivity index (χ3v) is 7.37. The molecule has 4 atom stereocenters. The van der Waals surface area contributed by atoms with E-state index in [2.05, 4.69) is 21.3 Å². The average Bonchev–Trinajstić information content (AvgIpc) is 3.07. The Morgan fingerprint density at radius 1 is 0.688 bits per heavy atom. The lowest BCUT2D eigenvalue weighted by molar-refractivity contribution is -0.149. The first kappa shape index (κ1) is 37.2. The monoisotopic (exact) mass is 659 g/mol. The van der Waals surface area contributed by atoms with Gasteiger partial charge in [-0.05, 0) is 54.5 Å². The number of hydrogen-bond donors (Lipinski definition) is 6. The van der Waals surface area contributed by atoms with Crippen molar-refractivity contribution in [2.45, 2.75) is 70.8 Å². The molecule has 48 heavy (non-hydrogen) atoms. The van der Waals surface area contributed by atoms with Crippen molar-refractivity contribution < 1.29 is 33.8 Å². The van der Waals surface area contributed by atoms with Gasteiger partial charge in [-0.15, -0.1) is 0 Å². The molecule has 12 heteroatoms. The molecule has 0 aliphatic heterocycles. The lowest BCUT2D eigenvalue weighted by atomic mass is 10.0. The van der Waals surface area contributed by atoms with Crippen molar-refractivity contribution in [1.82, 2.24) is 21.3 Å². The van der Waals surface area contributed by atoms with Crippen LogP contribution >= 0.6 is 0 Å². The van der Waals surface area contributed by atoms with Gasteiger partial charge in [0.25, 0.3) is 0 Å². The maximum atomic E-state index is 13.5. The Bertz CT molecular complexity index is 1500. The Balaban J connectivity index is 1.58. The Morgan fingerprint density at radius 2 is 1.27 bits per heavy atom. The van der Waals surface area contributed by atoms with Gasteiger partial charge >= 0.3 is 5.97 Å². The average molecular weight is 660 g/mol. The van der Waals surface area contributed by atoms with Crippen molar-refractivity contribution in [3.63, 3.8) is 0 Å². The Hall–Kier alpha value is -5.23. The smallest absolute Gasteiger partial charge is 0.328 e. The Kier molecular flexibility index (Phi) is 14.6. The summed E-state index contributed by atoms with van der Waals surface area (Å²) in [5, 5.41) is 19.8. The Labute approximate surface area is 280 Å². The van der Waals surface area contributed by atoms with Gasteiger partial charge in [0, 0.05) is 6.42 Å². The number of nitrogens with one attached hydrogen (secondary N) is 4. The first-order chi connectivity index (χ1) is 22.9. The molecule has 0 aliphatic rings. The predicted molar refractivity (Wildman–Crippen MR) is 180 cm³/mol. The van der Waals surface area contributed by atoms with Crippen molar-refractivity contribution in [2.75, 3.05) is 6.54 Å². The highest BCUT2D eigenvalue weighted by atomic mass is 16.5. The molecular weight excluding hydrogens is 614 g/mol. The molecule has 0 bridgehead atoms. The fourth-order valence-electron chi connectivity index (χ4n) is 4.78. The summed E-state index contributed by atoms with van der Waals surface area (Å²) < 4.78 is 5.50. The van der Waals surface area contributed by atoms with Crippen LogP contribution in [0.1, 0.15) is 43.9 Å². The summed E-state index contributed by atoms with van der Waals surface area (Å²) in [7, 11) is 0. The predicted octanol–water partition coefficient (Wildman–Crippen LogP) is 1.88. The minimum atomic E-state index is -1.07. The topological polar surface area (TPSA) is 189 Å². The van der Waals surface area contributed by atoms with Gasteiger partial charge in [0.1, 0.15) is 30.5 Å². The van der Waals surface area contributed by atoms with E-state index >= 15 is 0 Å². The van der Waals surface area contributed by atoms with Crippen LogP contribution in [0.4, 0.5) is 0 Å². The number of amides is 4. The van der Waals surface area contributed by atoms with Gasteiger partial charge in [-0.3, -0.25) is 19.2 Å². The molecule has 7 N–H and O–H groups in total. The second-order valence-electron chi connectivity index (χ2n) is 12.0. The number of hydrogen-bond acceptors (Lipinski definition) is 8. The first-order valence-electron chi connectivity index (χ1n) is 15.9. The van der Waals surface area contributed by atoms with E-state index in [9.17, 15) is 29.1 Å². The molecule has 0 aliphatic carbocycles. The molecule has 0 fully saturated rings. The van der Waals surface area contributed by atoms with Crippen molar-refractivity contribution in [3.8, 4) is 5.75 Å². The summed E-state index contributed by atoms with van der Waals surface area (Å²) in [6.45, 7) is 4.88. The molecule has 3 rings (SSSR count). The third kappa shape index (κ3) is 12.9. The number of ether oxygens (including phenoxy) is 1. The second kappa shape index (κ2) is 18.8. The number of rotatable bonds is 17. The van der Waals surface area contributed by atoms with Gasteiger partial charge in [0.15, 0.2) is 0 Å². The van der Waals surface area contributed by atoms with Crippen LogP contribution < -0.4 is 27.0 Å². The van der Waals surface area contributed by atoms with Crippen LogP contribution in [0.25, 0.3) is 0 Å². The molecule has 0 heterocycles. The number of aromatic hydroxyl groups is 1. The molecule has 0 aromatic heterocycles. The zero-order valence-corrected chi connectivity index (χ0v) is 27.5. The SMILES string of the molecule is CC(C)C[C@@H](NC(=O)[C@@H](Cc1ccccc1)NC(=O)CNC(=O)[C@@H](C)NC(=O)[C@H](N)Cc1ccc(O)cc1)C(=O)OCc1ccccc1. The molecule has 0 saturated heterocycles. The molecule has 0 saturated carbocycles. The van der Waals surface area contributed by atoms with Gasteiger partial charge in [-0.25, -0.2) is 4.79 Å². The van der Waals surface area contributed by atoms with Crippen LogP contribution in [0.15, 0.2) is 84.9 Å². The minimum absolute atomic E-state index is 0.0528. The molecule has 0 unspecified atom stereocenters. The quantitative estimate of drug-likeness (QED) is 0.119. The highest BCUT2D eigenvalue weighted by Gasteiger charge is 2.29. The van der Waals surface area contributed by atoms with E-state index in [1.54, 1.807) is 24.3 Å². The minimum Gasteiger partial charge on any atom is -0.508 e. The van der Waals surface area contributed by atoms with E-state index in [-0.39, 0.29) is 31.1 Å². The summed E-state index contributed by atoms with van der Waals surface area (Å²) >= 11 is 0. The zero-order valence-electron chi connectivity index (χ0n) is 27.5. The van der Waals surface area contributed by atoms with E-state index in [0.29, 0.717) is 6.42 Å². The molecule has 0 spiro atoms. The van der Waals surface area contributed by atoms with E-state index < -0.39 is 60.3 Å². The van der Waals surface area contributed by atoms with Gasteiger partial charge in [-0.2, -0.15) is 0 Å². The first-order valence-corrected chi connectivity index (χ1v) is 15.9. The number of phenolic OH excluding ortho intramolecular Hbond substituents is 1. The summed E-state index contributed by atoms with van der Waals surface area (Å²) in [5.74, 6) is -2.85. The van der Waals surface area contributed by atoms with E-state index in [1.165, 1.54) is 19.1 Å². The van der Waals surface area contributed by atoms with Crippen LogP contribution in [0.2, 0.25) is 0 Å². The fourth-order valence-corrected chi connectivity index (χ4v) is 4.78. The molecule has 0 radical (unpaired) electrons. The third-order valence-electron chi connectivity index (χ3n) is 7.37. The number of benzene rings is 3. The van der Waals surface area contributed by atoms with Crippen molar-refractivity contribution >= 4 is 29.6 Å². The van der Waals surface area contributed by atoms with Crippen LogP contribution in [0.3, 0.4) is 0 Å². The standard InChI is InChI=1S/C36H45N5O7/c1-23(2)18-31(36(47)48-22-27-12-8-5-9-13-27)41-35(46)30(20-25-10-6-4-7-11-25)40-32(43)21-38-33(44)24(3)39-34(45)29(37)19-26-14-16-28(42)17-15-26/h4-17,23-24,29-31,42H,18-22,37H2,1-3H3,(H,38,44)(H,39,45)(H,40,43)(H,41,46)/t24-,29-,30-,31-/m1/s1. The second-order valence-corrected chi connectivity index (χ2v) is 12.0. The summed E-state index contributed by atoms with van der Waals surface area (Å²) in [5.41, 5.74) is 8.30. The molecule has 256 valence electrons. The normalized spacial score (nSPS) is 13.4. The van der Waals surface area contributed by atoms with Crippen molar-refractivity contribution in [2.24, 2.45) is 11.7 Å². The van der Waals surface area contributed by atoms with Gasteiger partial charge < -0.3 is 36.8 Å². The lowest BCUT2D eigenvalue weighted by Crippen LogP contribution is -2.55. The van der Waals surface area contributed by atoms with Crippen LogP contribution in [-0.4, -0.2) is 65.4 Å². The summed E-state index contributed by atoms with van der Waals surface area (Å²) in [6, 6.07) is 20.6. The van der Waals surface area contributed by atoms with Crippen molar-refractivity contribution in [3.05, 3.63) is 102 Å². The highest BCUT2D eigenvalue weighted by Crippen LogP contribution is 2.12. The maximum Gasteiger partial charge on any atom is 0.328 e. The number of esters is 1. The summed E-state index contributed by atoms with van der Waals surface area (Å²) in [6.07, 6.45) is 0.644. The lowest BCUT2D eigenvalue weighted by Gasteiger charge is -2.24. The molecular formula is C36H45N5O7. The number of nitrogens with two attached hydrogens (primary N) is 1. The highest BCUT2D eigenvalue weighted by molar-refractivity contribution is 5.94. The molecule has 3 aromatic carbocycles. The zero-order chi connectivity index (χ0) is 35.1. The molecule has 3 aromatic rings. The van der Waals surface area contributed by atoms with E-state index in [1.807, 2.05) is 62.4 Å². The van der Waals surface area contributed by atoms with Crippen LogP contribution in [-0.2, 0) is 48.2 Å². The van der Waals surface area contributed by atoms with Gasteiger partial charge in [0.05, 0.1) is 12.6 Å². The van der Waals surface area contributed by atoms with Crippen molar-refractivity contribution in [1.29, 1.82) is 0 Å². The van der Waals surface area contributed by atoms with E-state index in [0.717, 1.165) is 16.7 Å². The van der Waals surface area contributed by atoms with Gasteiger partial charge in [-0.1, -0.05) is 86.6 Å². The van der Waals surface area contributed by atoms with Crippen LogP contribution in [0.5, 0.6) is 5.75 Å². The van der Waals surface area contributed by atoms with Crippen LogP contribution in [0, 0.1) is 5.92 Å². The Morgan fingerprint density at radius 3 is 1.88 bits per heavy atom. The van der Waals surface area contributed by atoms with Gasteiger partial charge in [0.2, 0.25) is 23.6 Å². The maximum absolute atomic E-state index is 13.5. The fraction of sp³-hybridized carbons (Fsp3) is 0.361. The number of phenols is 1.